The molecule has 70 valence electrons. The SMILES string of the molecule is Cl.NCCOC(F)(F)C(F)Br. The number of nitrogens with two attached hydrogens (primary N) is 1. The van der Waals surface area contributed by atoms with Crippen molar-refractivity contribution in [1.29, 1.82) is 0 Å². The van der Waals surface area contributed by atoms with Crippen molar-refractivity contribution in [2.24, 2.45) is 5.73 Å². The van der Waals surface area contributed by atoms with E-state index in [0.29, 0.717) is 0 Å². The zero-order valence-electron chi connectivity index (χ0n) is 5.40. The number of hydrogen-bond acceptors (Lipinski definition) is 2. The first-order valence-electron chi connectivity index (χ1n) is 2.50. The number of alkyl halides is 4. The Kier molecular flexibility index (Phi) is 7.71. The van der Waals surface area contributed by atoms with Crippen LogP contribution in [0.25, 0.3) is 0 Å². The number of rotatable bonds is 4. The maximum absolute atomic E-state index is 12.0. The predicted octanol–water partition coefficient (Wildman–Crippen LogP) is 1.67. The van der Waals surface area contributed by atoms with Gasteiger partial charge in [-0.05, 0) is 15.9 Å². The summed E-state index contributed by atoms with van der Waals surface area (Å²) in [7, 11) is 0. The Morgan fingerprint density at radius 3 is 2.27 bits per heavy atom. The highest BCUT2D eigenvalue weighted by Gasteiger charge is 2.39. The highest BCUT2D eigenvalue weighted by Crippen LogP contribution is 2.26. The van der Waals surface area contributed by atoms with Crippen molar-refractivity contribution in [3.63, 3.8) is 0 Å². The molecule has 1 unspecified atom stereocenters. The monoisotopic (exact) mass is 257 g/mol. The third-order valence-corrected chi connectivity index (χ3v) is 1.20. The second kappa shape index (κ2) is 6.05. The van der Waals surface area contributed by atoms with Gasteiger partial charge in [-0.15, -0.1) is 12.4 Å². The van der Waals surface area contributed by atoms with Crippen LogP contribution < -0.4 is 5.73 Å². The van der Waals surface area contributed by atoms with Crippen LogP contribution in [0.15, 0.2) is 0 Å². The van der Waals surface area contributed by atoms with Gasteiger partial charge in [0.05, 0.1) is 6.61 Å². The van der Waals surface area contributed by atoms with Crippen molar-refractivity contribution < 1.29 is 17.9 Å². The predicted molar refractivity (Wildman–Crippen MR) is 41.0 cm³/mol. The van der Waals surface area contributed by atoms with Crippen molar-refractivity contribution >= 4 is 28.3 Å². The Labute approximate surface area is 76.8 Å². The molecule has 0 aliphatic carbocycles. The third-order valence-electron chi connectivity index (χ3n) is 0.666. The van der Waals surface area contributed by atoms with Gasteiger partial charge in [0.2, 0.25) is 5.08 Å². The molecule has 0 aromatic heterocycles. The second-order valence-electron chi connectivity index (χ2n) is 1.50. The summed E-state index contributed by atoms with van der Waals surface area (Å²) in [5, 5.41) is -2.48. The molecule has 0 radical (unpaired) electrons. The minimum Gasteiger partial charge on any atom is -0.328 e. The lowest BCUT2D eigenvalue weighted by Crippen LogP contribution is -2.31. The quantitative estimate of drug-likeness (QED) is 0.779. The van der Waals surface area contributed by atoms with Crippen LogP contribution in [-0.4, -0.2) is 24.3 Å². The minimum absolute atomic E-state index is 0. The largest absolute Gasteiger partial charge is 0.396 e. The van der Waals surface area contributed by atoms with E-state index in [1.807, 2.05) is 15.9 Å². The summed E-state index contributed by atoms with van der Waals surface area (Å²) < 4.78 is 39.6. The van der Waals surface area contributed by atoms with Gasteiger partial charge in [-0.2, -0.15) is 8.78 Å². The molecule has 2 N–H and O–H groups in total. The molecule has 0 aliphatic heterocycles. The molecule has 0 saturated carbocycles. The second-order valence-corrected chi connectivity index (χ2v) is 2.30. The summed E-state index contributed by atoms with van der Waals surface area (Å²) in [6.07, 6.45) is -3.78. The third kappa shape index (κ3) is 5.72. The molecule has 2 nitrogen and oxygen atoms in total. The molecule has 0 aromatic rings. The van der Waals surface area contributed by atoms with Gasteiger partial charge >= 0.3 is 6.11 Å². The fourth-order valence-corrected chi connectivity index (χ4v) is 0.390. The minimum atomic E-state index is -3.78. The zero-order chi connectivity index (χ0) is 8.20. The number of hydrogen-bond donors (Lipinski definition) is 1. The normalized spacial score (nSPS) is 13.9. The summed E-state index contributed by atoms with van der Waals surface area (Å²) in [6.45, 7) is -0.422. The molecule has 0 saturated heterocycles. The van der Waals surface area contributed by atoms with Gasteiger partial charge in [-0.3, -0.25) is 0 Å². The Hall–Kier alpha value is 0.480. The van der Waals surface area contributed by atoms with Crippen LogP contribution in [0.4, 0.5) is 13.2 Å². The van der Waals surface area contributed by atoms with Crippen LogP contribution in [0.5, 0.6) is 0 Å². The maximum atomic E-state index is 12.0. The van der Waals surface area contributed by atoms with Gasteiger partial charge in [0.25, 0.3) is 0 Å². The van der Waals surface area contributed by atoms with Gasteiger partial charge in [0.1, 0.15) is 0 Å². The van der Waals surface area contributed by atoms with Crippen molar-refractivity contribution in [1.82, 2.24) is 0 Å². The van der Waals surface area contributed by atoms with E-state index in [0.717, 1.165) is 0 Å². The zero-order valence-corrected chi connectivity index (χ0v) is 7.80. The van der Waals surface area contributed by atoms with Gasteiger partial charge in [-0.1, -0.05) is 0 Å². The van der Waals surface area contributed by atoms with E-state index < -0.39 is 11.2 Å². The lowest BCUT2D eigenvalue weighted by atomic mass is 10.6. The smallest absolute Gasteiger partial charge is 0.328 e. The van der Waals surface area contributed by atoms with Crippen molar-refractivity contribution in [3.05, 3.63) is 0 Å². The van der Waals surface area contributed by atoms with Gasteiger partial charge < -0.3 is 10.5 Å². The summed E-state index contributed by atoms with van der Waals surface area (Å²) in [4.78, 5) is 0. The van der Waals surface area contributed by atoms with Crippen molar-refractivity contribution in [2.75, 3.05) is 13.2 Å². The van der Waals surface area contributed by atoms with Crippen LogP contribution >= 0.6 is 28.3 Å². The Morgan fingerprint density at radius 2 is 2.00 bits per heavy atom. The molecule has 0 rings (SSSR count). The molecular formula is C4H8BrClF3NO. The molecule has 0 aromatic carbocycles. The summed E-state index contributed by atoms with van der Waals surface area (Å²) >= 11 is 2.04. The standard InChI is InChI=1S/C4H7BrF3NO.ClH/c5-3(6)4(7,8)10-2-1-9;/h3H,1-2,9H2;1H. The first-order valence-corrected chi connectivity index (χ1v) is 3.42. The van der Waals surface area contributed by atoms with Crippen molar-refractivity contribution in [2.45, 2.75) is 11.2 Å². The van der Waals surface area contributed by atoms with Gasteiger partial charge in [-0.25, -0.2) is 4.39 Å². The van der Waals surface area contributed by atoms with E-state index in [2.05, 4.69) is 4.74 Å². The lowest BCUT2D eigenvalue weighted by Gasteiger charge is -2.15. The van der Waals surface area contributed by atoms with E-state index in [9.17, 15) is 13.2 Å². The average molecular weight is 258 g/mol. The molecule has 0 heterocycles. The molecule has 1 atom stereocenters. The van der Waals surface area contributed by atoms with E-state index in [-0.39, 0.29) is 25.6 Å². The van der Waals surface area contributed by atoms with E-state index >= 15 is 0 Å². The highest BCUT2D eigenvalue weighted by molar-refractivity contribution is 9.09. The highest BCUT2D eigenvalue weighted by atomic mass is 79.9. The van der Waals surface area contributed by atoms with E-state index in [1.54, 1.807) is 0 Å². The maximum Gasteiger partial charge on any atom is 0.396 e. The molecule has 7 heteroatoms. The molecule has 0 bridgehead atoms. The average Bonchev–Trinajstić information content (AvgIpc) is 1.84. The lowest BCUT2D eigenvalue weighted by molar-refractivity contribution is -0.251. The fourth-order valence-electron chi connectivity index (χ4n) is 0.258. The topological polar surface area (TPSA) is 35.2 Å². The molecule has 0 spiro atoms. The van der Waals surface area contributed by atoms with Crippen LogP contribution in [0.3, 0.4) is 0 Å². The van der Waals surface area contributed by atoms with Crippen LogP contribution in [-0.2, 0) is 4.74 Å². The summed E-state index contributed by atoms with van der Waals surface area (Å²) in [5.41, 5.74) is 4.84. The van der Waals surface area contributed by atoms with Crippen LogP contribution in [0.1, 0.15) is 0 Å². The number of ether oxygens (including phenoxy) is 1. The first kappa shape index (κ1) is 14.0. The van der Waals surface area contributed by atoms with Crippen LogP contribution in [0, 0.1) is 0 Å². The van der Waals surface area contributed by atoms with Crippen molar-refractivity contribution in [3.8, 4) is 0 Å². The Balaban J connectivity index is 0. The first-order chi connectivity index (χ1) is 4.50. The van der Waals surface area contributed by atoms with E-state index in [4.69, 9.17) is 5.73 Å². The van der Waals surface area contributed by atoms with Gasteiger partial charge in [0, 0.05) is 6.54 Å². The molecule has 11 heavy (non-hydrogen) atoms. The molecule has 0 amide bonds. The summed E-state index contributed by atoms with van der Waals surface area (Å²) in [6, 6.07) is 0. The van der Waals surface area contributed by atoms with E-state index in [1.165, 1.54) is 0 Å². The molecule has 0 fully saturated rings. The van der Waals surface area contributed by atoms with Crippen LogP contribution in [0.2, 0.25) is 0 Å². The fraction of sp³-hybridized carbons (Fsp3) is 1.00. The number of halogens is 5. The Bertz CT molecular complexity index is 105. The molecule has 0 aliphatic rings. The molecular weight excluding hydrogens is 250 g/mol. The summed E-state index contributed by atoms with van der Waals surface area (Å²) in [5.74, 6) is 0. The Morgan fingerprint density at radius 1 is 1.55 bits per heavy atom. The van der Waals surface area contributed by atoms with Gasteiger partial charge in [0.15, 0.2) is 0 Å².